The van der Waals surface area contributed by atoms with Crippen molar-refractivity contribution in [1.82, 2.24) is 35.0 Å². The molecule has 0 radical (unpaired) electrons. The predicted octanol–water partition coefficient (Wildman–Crippen LogP) is 3.94. The zero-order valence-corrected chi connectivity index (χ0v) is 33.3. The fraction of sp³-hybridized carbons (Fsp3) is 0.488. The van der Waals surface area contributed by atoms with Crippen molar-refractivity contribution in [2.75, 3.05) is 62.6 Å². The Kier molecular flexibility index (Phi) is 10.8. The largest absolute Gasteiger partial charge is 0.388 e. The van der Waals surface area contributed by atoms with Gasteiger partial charge in [0.1, 0.15) is 6.04 Å². The Labute approximate surface area is 342 Å². The van der Waals surface area contributed by atoms with E-state index in [2.05, 4.69) is 47.4 Å². The molecule has 58 heavy (non-hydrogen) atoms. The number of aromatic nitrogens is 3. The number of hydrogen-bond donors (Lipinski definition) is 4. The zero-order chi connectivity index (χ0) is 40.0. The average molecular weight is 808 g/mol. The first-order valence-corrected chi connectivity index (χ1v) is 21.0. The molecule has 7 heterocycles. The number of imide groups is 1. The van der Waals surface area contributed by atoms with Gasteiger partial charge in [0.05, 0.1) is 28.6 Å². The number of ketones is 1. The van der Waals surface area contributed by atoms with Gasteiger partial charge in [-0.25, -0.2) is 9.97 Å². The van der Waals surface area contributed by atoms with Crippen LogP contribution in [0, 0.1) is 5.92 Å². The second kappa shape index (κ2) is 16.1. The smallest absolute Gasteiger partial charge is 0.243 e. The number of aliphatic hydroxyl groups is 1. The van der Waals surface area contributed by atoms with Crippen molar-refractivity contribution >= 4 is 58.0 Å². The van der Waals surface area contributed by atoms with Crippen molar-refractivity contribution in [3.8, 4) is 11.3 Å². The summed E-state index contributed by atoms with van der Waals surface area (Å²) in [6, 6.07) is 12.9. The van der Waals surface area contributed by atoms with E-state index in [9.17, 15) is 24.3 Å². The molecule has 2 amide bonds. The van der Waals surface area contributed by atoms with E-state index in [-0.39, 0.29) is 18.4 Å². The van der Waals surface area contributed by atoms with Crippen molar-refractivity contribution in [3.05, 3.63) is 71.0 Å². The van der Waals surface area contributed by atoms with Gasteiger partial charge in [-0.15, -0.1) is 0 Å². The van der Waals surface area contributed by atoms with Crippen LogP contribution in [0.4, 0.5) is 11.6 Å². The summed E-state index contributed by atoms with van der Waals surface area (Å²) in [6.45, 7) is 7.30. The molecule has 4 aromatic rings. The molecule has 0 spiro atoms. The number of nitrogens with one attached hydrogen (secondary N) is 3. The standard InChI is InChI=1S/C43H50ClN9O5/c44-34-21-46-42(49-39(34)33-20-45-35-4-2-1-3-31(33)35)47-29-11-14-51(24-29)26-43(58)12-17-50(18-13-43)22-27-9-15-52(16-10-27)30-6-5-28-23-53(36-7-8-38(56)48-41(36)57)40(32(28)19-30)37(55)25-54/h1-6,19-21,25,27,29,36,40,45,58H,7-18,22-24,26H2,(H,46,47,49)(H,48,56,57). The Morgan fingerprint density at radius 2 is 1.83 bits per heavy atom. The van der Waals surface area contributed by atoms with Crippen molar-refractivity contribution in [2.24, 2.45) is 5.92 Å². The first kappa shape index (κ1) is 38.8. The third-order valence-corrected chi connectivity index (χ3v) is 13.4. The van der Waals surface area contributed by atoms with Crippen LogP contribution in [0.15, 0.2) is 54.9 Å². The number of amides is 2. The van der Waals surface area contributed by atoms with E-state index in [1.165, 1.54) is 0 Å². The molecule has 14 nitrogen and oxygen atoms in total. The monoisotopic (exact) mass is 807 g/mol. The Bertz CT molecular complexity index is 2210. The number of fused-ring (bicyclic) bond motifs is 2. The number of aromatic amines is 1. The Hall–Kier alpha value is -4.73. The highest BCUT2D eigenvalue weighted by molar-refractivity contribution is 6.33. The minimum atomic E-state index is -0.829. The van der Waals surface area contributed by atoms with Crippen LogP contribution in [0.5, 0.6) is 0 Å². The van der Waals surface area contributed by atoms with E-state index >= 15 is 0 Å². The SMILES string of the molecule is O=CC(=O)C1c2cc(N3CCC(CN4CCC(O)(CN5CCC(Nc6ncc(Cl)c(-c7c[nH]c8ccccc78)n6)C5)CC4)CC3)ccc2CN1C1CCC(=O)NC1=O. The van der Waals surface area contributed by atoms with Crippen molar-refractivity contribution in [2.45, 2.75) is 75.2 Å². The second-order valence-corrected chi connectivity index (χ2v) is 17.3. The molecule has 2 aromatic heterocycles. The fourth-order valence-corrected chi connectivity index (χ4v) is 10.1. The van der Waals surface area contributed by atoms with Gasteiger partial charge in [0.2, 0.25) is 23.5 Å². The van der Waals surface area contributed by atoms with Crippen LogP contribution in [0.3, 0.4) is 0 Å². The number of carbonyl (C=O) groups excluding carboxylic acids is 4. The maximum atomic E-state index is 12.9. The molecule has 5 aliphatic heterocycles. The molecule has 4 saturated heterocycles. The van der Waals surface area contributed by atoms with E-state index in [1.54, 1.807) is 11.1 Å². The Morgan fingerprint density at radius 3 is 2.62 bits per heavy atom. The van der Waals surface area contributed by atoms with Crippen LogP contribution in [-0.4, -0.2) is 129 Å². The summed E-state index contributed by atoms with van der Waals surface area (Å²) < 4.78 is 0. The van der Waals surface area contributed by atoms with Crippen LogP contribution >= 0.6 is 11.6 Å². The Morgan fingerprint density at radius 1 is 1.02 bits per heavy atom. The zero-order valence-electron chi connectivity index (χ0n) is 32.5. The number of benzene rings is 2. The molecule has 15 heteroatoms. The molecule has 5 aliphatic rings. The number of nitrogens with zero attached hydrogens (tertiary/aromatic N) is 6. The molecule has 0 saturated carbocycles. The van der Waals surface area contributed by atoms with E-state index in [0.29, 0.717) is 48.4 Å². The minimum absolute atomic E-state index is 0.177. The lowest BCUT2D eigenvalue weighted by molar-refractivity contribution is -0.141. The summed E-state index contributed by atoms with van der Waals surface area (Å²) in [5, 5.41) is 19.2. The second-order valence-electron chi connectivity index (χ2n) is 16.9. The van der Waals surface area contributed by atoms with Gasteiger partial charge in [0, 0.05) is 99.7 Å². The first-order chi connectivity index (χ1) is 28.1. The summed E-state index contributed by atoms with van der Waals surface area (Å²) in [5.74, 6) is -0.186. The Balaban J connectivity index is 0.739. The highest BCUT2D eigenvalue weighted by atomic mass is 35.5. The maximum Gasteiger partial charge on any atom is 0.243 e. The molecule has 9 rings (SSSR count). The summed E-state index contributed by atoms with van der Waals surface area (Å²) in [7, 11) is 0. The minimum Gasteiger partial charge on any atom is -0.388 e. The van der Waals surface area contributed by atoms with Gasteiger partial charge in [-0.3, -0.25) is 34.3 Å². The number of rotatable bonds is 11. The van der Waals surface area contributed by atoms with Crippen LogP contribution in [0.25, 0.3) is 22.2 Å². The fourth-order valence-electron chi connectivity index (χ4n) is 9.95. The van der Waals surface area contributed by atoms with Crippen molar-refractivity contribution in [3.63, 3.8) is 0 Å². The summed E-state index contributed by atoms with van der Waals surface area (Å²) in [4.78, 5) is 70.8. The lowest BCUT2D eigenvalue weighted by Crippen LogP contribution is -2.52. The summed E-state index contributed by atoms with van der Waals surface area (Å²) in [6.07, 6.45) is 9.00. The molecule has 4 N–H and O–H groups in total. The van der Waals surface area contributed by atoms with Gasteiger partial charge in [-0.1, -0.05) is 35.9 Å². The molecule has 0 aliphatic carbocycles. The van der Waals surface area contributed by atoms with Gasteiger partial charge < -0.3 is 25.2 Å². The number of H-pyrrole nitrogens is 1. The number of anilines is 2. The van der Waals surface area contributed by atoms with Gasteiger partial charge >= 0.3 is 0 Å². The van der Waals surface area contributed by atoms with Crippen molar-refractivity contribution in [1.29, 1.82) is 0 Å². The van der Waals surface area contributed by atoms with Gasteiger partial charge in [-0.2, -0.15) is 0 Å². The van der Waals surface area contributed by atoms with Gasteiger partial charge in [0.25, 0.3) is 0 Å². The lowest BCUT2D eigenvalue weighted by Gasteiger charge is -2.42. The van der Waals surface area contributed by atoms with Gasteiger partial charge in [0.15, 0.2) is 6.29 Å². The van der Waals surface area contributed by atoms with Crippen molar-refractivity contribution < 1.29 is 24.3 Å². The van der Waals surface area contributed by atoms with E-state index in [0.717, 1.165) is 111 Å². The van der Waals surface area contributed by atoms with Crippen LogP contribution in [0.1, 0.15) is 62.1 Å². The highest BCUT2D eigenvalue weighted by Gasteiger charge is 2.44. The molecule has 3 atom stereocenters. The number of likely N-dealkylation sites (tertiary alicyclic amines) is 2. The number of carbonyl (C=O) groups is 4. The van der Waals surface area contributed by atoms with Gasteiger partial charge in [-0.05, 0) is 73.8 Å². The van der Waals surface area contributed by atoms with E-state index in [1.807, 2.05) is 36.5 Å². The highest BCUT2D eigenvalue weighted by Crippen LogP contribution is 2.40. The quantitative estimate of drug-likeness (QED) is 0.0982. The summed E-state index contributed by atoms with van der Waals surface area (Å²) >= 11 is 6.56. The normalized spacial score (nSPS) is 24.6. The number of halogens is 1. The van der Waals surface area contributed by atoms with Crippen LogP contribution in [-0.2, 0) is 25.7 Å². The third kappa shape index (κ3) is 7.87. The number of Topliss-reactive ketones (excluding diaryl/α,β-unsaturated/α-hetero) is 1. The van der Waals surface area contributed by atoms with Crippen LogP contribution < -0.4 is 15.5 Å². The molecule has 0 bridgehead atoms. The molecule has 3 unspecified atom stereocenters. The topological polar surface area (TPSA) is 167 Å². The third-order valence-electron chi connectivity index (χ3n) is 13.1. The number of piperidine rings is 3. The molecular weight excluding hydrogens is 758 g/mol. The molecule has 2 aromatic carbocycles. The number of β-amino-alcohol motifs (C(OH)–C–C–N with tert-alkyl or cyclic N) is 1. The number of hydrogen-bond acceptors (Lipinski definition) is 12. The first-order valence-electron chi connectivity index (χ1n) is 20.6. The molecule has 4 fully saturated rings. The van der Waals surface area contributed by atoms with Crippen LogP contribution in [0.2, 0.25) is 5.02 Å². The average Bonchev–Trinajstić information content (AvgIpc) is 3.96. The molecule has 304 valence electrons. The molecular formula is C43H50ClN9O5. The predicted molar refractivity (Wildman–Crippen MR) is 220 cm³/mol. The lowest BCUT2D eigenvalue weighted by atomic mass is 9.89. The number of para-hydroxylation sites is 1. The summed E-state index contributed by atoms with van der Waals surface area (Å²) in [5.41, 5.74) is 4.68. The number of aldehydes is 1. The van der Waals surface area contributed by atoms with E-state index < -0.39 is 29.4 Å². The van der Waals surface area contributed by atoms with E-state index in [4.69, 9.17) is 16.6 Å². The maximum absolute atomic E-state index is 12.9.